The lowest BCUT2D eigenvalue weighted by atomic mass is 10.0. The Morgan fingerprint density at radius 1 is 1.21 bits per heavy atom. The van der Waals surface area contributed by atoms with Gasteiger partial charge in [-0.2, -0.15) is 0 Å². The number of oxazole rings is 1. The Morgan fingerprint density at radius 3 is 2.79 bits per heavy atom. The topological polar surface area (TPSA) is 46.0 Å². The Morgan fingerprint density at radius 2 is 2.00 bits per heavy atom. The molecule has 0 aliphatic heterocycles. The molecule has 0 saturated carbocycles. The van der Waals surface area contributed by atoms with Gasteiger partial charge in [0, 0.05) is 3.57 Å². The molecule has 0 radical (unpaired) electrons. The molecule has 0 fully saturated rings. The molecule has 1 N–H and O–H groups in total. The van der Waals surface area contributed by atoms with Gasteiger partial charge in [0.1, 0.15) is 0 Å². The quantitative estimate of drug-likeness (QED) is 0.534. The fraction of sp³-hybridized carbons (Fsp3) is 0.0714. The Kier molecular flexibility index (Phi) is 3.36. The van der Waals surface area contributed by atoms with E-state index >= 15 is 0 Å². The number of aromatic amines is 1. The summed E-state index contributed by atoms with van der Waals surface area (Å²) in [6, 6.07) is 13.4. The van der Waals surface area contributed by atoms with Crippen molar-refractivity contribution < 1.29 is 4.42 Å². The molecule has 1 atom stereocenters. The zero-order valence-corrected chi connectivity index (χ0v) is 12.6. The predicted octanol–water partition coefficient (Wildman–Crippen LogP) is 4.05. The Labute approximate surface area is 127 Å². The maximum Gasteiger partial charge on any atom is 0.417 e. The lowest BCUT2D eigenvalue weighted by Crippen LogP contribution is -1.95. The molecule has 3 nitrogen and oxygen atoms in total. The number of H-pyrrole nitrogens is 1. The first kappa shape index (κ1) is 12.7. The predicted molar refractivity (Wildman–Crippen MR) is 83.7 cm³/mol. The molecule has 19 heavy (non-hydrogen) atoms. The largest absolute Gasteiger partial charge is 0.417 e. The van der Waals surface area contributed by atoms with E-state index in [0.29, 0.717) is 11.1 Å². The number of rotatable bonds is 2. The van der Waals surface area contributed by atoms with Crippen LogP contribution in [-0.2, 0) is 0 Å². The van der Waals surface area contributed by atoms with Crippen molar-refractivity contribution in [3.63, 3.8) is 0 Å². The Hall–Kier alpha value is -1.27. The highest BCUT2D eigenvalue weighted by atomic mass is 127. The normalized spacial score (nSPS) is 12.7. The van der Waals surface area contributed by atoms with Gasteiger partial charge in [0.15, 0.2) is 5.58 Å². The highest BCUT2D eigenvalue weighted by Gasteiger charge is 2.14. The van der Waals surface area contributed by atoms with Gasteiger partial charge in [-0.25, -0.2) is 4.79 Å². The molecule has 3 aromatic rings. The second-order valence-electron chi connectivity index (χ2n) is 4.15. The van der Waals surface area contributed by atoms with Crippen LogP contribution in [0.5, 0.6) is 0 Å². The minimum absolute atomic E-state index is 0.266. The molecular formula is C14H9ClINO2. The van der Waals surface area contributed by atoms with Crippen LogP contribution in [0.1, 0.15) is 16.5 Å². The lowest BCUT2D eigenvalue weighted by molar-refractivity contribution is 0.555. The van der Waals surface area contributed by atoms with E-state index in [0.717, 1.165) is 14.7 Å². The van der Waals surface area contributed by atoms with E-state index in [1.165, 1.54) is 0 Å². The zero-order valence-electron chi connectivity index (χ0n) is 9.69. The van der Waals surface area contributed by atoms with E-state index in [1.807, 2.05) is 30.3 Å². The number of alkyl halides is 1. The highest BCUT2D eigenvalue weighted by molar-refractivity contribution is 14.1. The third-order valence-electron chi connectivity index (χ3n) is 2.92. The average molecular weight is 386 g/mol. The van der Waals surface area contributed by atoms with Crippen molar-refractivity contribution in [2.75, 3.05) is 0 Å². The molecule has 5 heteroatoms. The summed E-state index contributed by atoms with van der Waals surface area (Å²) in [6.07, 6.45) is 0. The number of nitrogens with one attached hydrogen (secondary N) is 1. The fourth-order valence-electron chi connectivity index (χ4n) is 1.98. The second kappa shape index (κ2) is 5.02. The zero-order chi connectivity index (χ0) is 13.4. The first-order valence-corrected chi connectivity index (χ1v) is 7.18. The van der Waals surface area contributed by atoms with Gasteiger partial charge in [-0.1, -0.05) is 24.3 Å². The van der Waals surface area contributed by atoms with Gasteiger partial charge >= 0.3 is 5.76 Å². The molecule has 0 spiro atoms. The SMILES string of the molecule is O=c1[nH]c2ccc(C(Cl)c3ccccc3I)cc2o1. The minimum atomic E-state index is -0.451. The van der Waals surface area contributed by atoms with Crippen LogP contribution >= 0.6 is 34.2 Å². The van der Waals surface area contributed by atoms with E-state index in [-0.39, 0.29) is 5.38 Å². The molecule has 0 aliphatic carbocycles. The average Bonchev–Trinajstić information content (AvgIpc) is 2.77. The number of hydrogen-bond acceptors (Lipinski definition) is 2. The standard InChI is InChI=1S/C14H9ClINO2/c15-13(9-3-1-2-4-10(9)16)8-5-6-11-12(7-8)19-14(18)17-11/h1-7,13H,(H,17,18). The molecule has 96 valence electrons. The molecule has 1 unspecified atom stereocenters. The van der Waals surface area contributed by atoms with Crippen LogP contribution in [0.2, 0.25) is 0 Å². The van der Waals surface area contributed by atoms with Gasteiger partial charge in [0.05, 0.1) is 10.9 Å². The third kappa shape index (κ3) is 2.42. The van der Waals surface area contributed by atoms with Crippen molar-refractivity contribution in [2.45, 2.75) is 5.38 Å². The second-order valence-corrected chi connectivity index (χ2v) is 5.75. The summed E-state index contributed by atoms with van der Waals surface area (Å²) in [4.78, 5) is 13.7. The molecule has 0 amide bonds. The number of aromatic nitrogens is 1. The van der Waals surface area contributed by atoms with Crippen molar-refractivity contribution in [1.82, 2.24) is 4.98 Å². The molecule has 1 heterocycles. The monoisotopic (exact) mass is 385 g/mol. The molecule has 2 aromatic carbocycles. The molecular weight excluding hydrogens is 377 g/mol. The van der Waals surface area contributed by atoms with E-state index < -0.39 is 5.76 Å². The van der Waals surface area contributed by atoms with Crippen molar-refractivity contribution in [1.29, 1.82) is 0 Å². The minimum Gasteiger partial charge on any atom is -0.408 e. The first-order valence-electron chi connectivity index (χ1n) is 5.66. The first-order chi connectivity index (χ1) is 9.15. The maximum absolute atomic E-state index is 11.1. The summed E-state index contributed by atoms with van der Waals surface area (Å²) in [6.45, 7) is 0. The van der Waals surface area contributed by atoms with Crippen LogP contribution < -0.4 is 5.76 Å². The molecule has 1 aromatic heterocycles. The lowest BCUT2D eigenvalue weighted by Gasteiger charge is -2.11. The van der Waals surface area contributed by atoms with E-state index in [9.17, 15) is 4.79 Å². The van der Waals surface area contributed by atoms with E-state index in [2.05, 4.69) is 27.6 Å². The molecule has 0 saturated heterocycles. The van der Waals surface area contributed by atoms with Gasteiger partial charge in [0.25, 0.3) is 0 Å². The van der Waals surface area contributed by atoms with Gasteiger partial charge in [0.2, 0.25) is 0 Å². The summed E-state index contributed by atoms with van der Waals surface area (Å²) in [5.74, 6) is -0.451. The molecule has 0 bridgehead atoms. The number of halogens is 2. The summed E-state index contributed by atoms with van der Waals surface area (Å²) in [5, 5.41) is -0.266. The smallest absolute Gasteiger partial charge is 0.408 e. The van der Waals surface area contributed by atoms with Gasteiger partial charge in [-0.3, -0.25) is 4.98 Å². The van der Waals surface area contributed by atoms with Crippen LogP contribution in [0, 0.1) is 3.57 Å². The summed E-state index contributed by atoms with van der Waals surface area (Å²) in [7, 11) is 0. The van der Waals surface area contributed by atoms with Crippen LogP contribution in [-0.4, -0.2) is 4.98 Å². The van der Waals surface area contributed by atoms with Gasteiger partial charge in [-0.05, 0) is 51.9 Å². The highest BCUT2D eigenvalue weighted by Crippen LogP contribution is 2.32. The summed E-state index contributed by atoms with van der Waals surface area (Å²) < 4.78 is 6.16. The number of benzene rings is 2. The maximum atomic E-state index is 11.1. The molecule has 3 rings (SSSR count). The van der Waals surface area contributed by atoms with Crippen LogP contribution in [0.4, 0.5) is 0 Å². The van der Waals surface area contributed by atoms with Crippen LogP contribution in [0.15, 0.2) is 51.7 Å². The van der Waals surface area contributed by atoms with Crippen molar-refractivity contribution >= 4 is 45.3 Å². The van der Waals surface area contributed by atoms with E-state index in [1.54, 1.807) is 12.1 Å². The van der Waals surface area contributed by atoms with Crippen molar-refractivity contribution in [3.05, 3.63) is 67.7 Å². The third-order valence-corrected chi connectivity index (χ3v) is 4.39. The van der Waals surface area contributed by atoms with Crippen LogP contribution in [0.25, 0.3) is 11.1 Å². The number of hydrogen-bond donors (Lipinski definition) is 1. The summed E-state index contributed by atoms with van der Waals surface area (Å²) in [5.41, 5.74) is 3.16. The molecule has 0 aliphatic rings. The Bertz CT molecular complexity index is 793. The fourth-order valence-corrected chi connectivity index (χ4v) is 3.19. The van der Waals surface area contributed by atoms with Gasteiger partial charge < -0.3 is 4.42 Å². The summed E-state index contributed by atoms with van der Waals surface area (Å²) >= 11 is 8.77. The van der Waals surface area contributed by atoms with Gasteiger partial charge in [-0.15, -0.1) is 11.6 Å². The Balaban J connectivity index is 2.08. The van der Waals surface area contributed by atoms with Crippen molar-refractivity contribution in [2.24, 2.45) is 0 Å². The number of fused-ring (bicyclic) bond motifs is 1. The van der Waals surface area contributed by atoms with Crippen LogP contribution in [0.3, 0.4) is 0 Å². The van der Waals surface area contributed by atoms with Crippen molar-refractivity contribution in [3.8, 4) is 0 Å². The van der Waals surface area contributed by atoms with E-state index in [4.69, 9.17) is 16.0 Å².